The fourth-order valence-electron chi connectivity index (χ4n) is 2.57. The molecule has 0 saturated heterocycles. The van der Waals surface area contributed by atoms with Crippen molar-refractivity contribution < 1.29 is 23.8 Å². The van der Waals surface area contributed by atoms with Gasteiger partial charge in [-0.05, 0) is 56.0 Å². The number of aldehydes is 1. The van der Waals surface area contributed by atoms with Gasteiger partial charge in [0.2, 0.25) is 0 Å². The Kier molecular flexibility index (Phi) is 12.2. The van der Waals surface area contributed by atoms with Gasteiger partial charge >= 0.3 is 0 Å². The van der Waals surface area contributed by atoms with Gasteiger partial charge in [-0.25, -0.2) is 0 Å². The molecule has 4 N–H and O–H groups in total. The van der Waals surface area contributed by atoms with Crippen molar-refractivity contribution in [2.24, 2.45) is 21.6 Å². The van der Waals surface area contributed by atoms with Crippen molar-refractivity contribution in [1.29, 1.82) is 0 Å². The molecule has 10 heteroatoms. The first-order chi connectivity index (χ1) is 15.9. The number of ether oxygens (including phenoxy) is 3. The Bertz CT molecular complexity index is 979. The molecular formula is C23H28N4O6. The summed E-state index contributed by atoms with van der Waals surface area (Å²) in [6.07, 6.45) is 10.5. The minimum Gasteiger partial charge on any atom is -0.488 e. The predicted octanol–water partition coefficient (Wildman–Crippen LogP) is 2.80. The summed E-state index contributed by atoms with van der Waals surface area (Å²) in [6.45, 7) is 2.21. The van der Waals surface area contributed by atoms with E-state index < -0.39 is 5.91 Å². The maximum Gasteiger partial charge on any atom is 0.279 e. The van der Waals surface area contributed by atoms with Gasteiger partial charge in [-0.2, -0.15) is 9.90 Å². The number of rotatable bonds is 9. The number of nitrogens with two attached hydrogens (primary N) is 2. The molecule has 0 radical (unpaired) electrons. The summed E-state index contributed by atoms with van der Waals surface area (Å²) < 4.78 is 16.8. The summed E-state index contributed by atoms with van der Waals surface area (Å²) in [7, 11) is 2.77. The zero-order valence-electron chi connectivity index (χ0n) is 18.8. The minimum absolute atomic E-state index is 0.0223. The van der Waals surface area contributed by atoms with E-state index in [1.165, 1.54) is 25.4 Å². The molecule has 10 nitrogen and oxygen atoms in total. The number of hydrogen-bond donors (Lipinski definition) is 2. The minimum atomic E-state index is -0.574. The standard InChI is InChI=1S/C22H25N3O5.CH3NO/c1-15(14-28-2)29-19-10-17(22(27)25-21(24)8-9-23)11-20(12-19)30-18-5-3-4-16(13-26)6-7-18;1-2-3/h4-13,15H,3,14,23H2,1-2H3,(H2,24,25,27);1H3/b9-8-;. The van der Waals surface area contributed by atoms with Crippen molar-refractivity contribution in [3.8, 4) is 11.5 Å². The van der Waals surface area contributed by atoms with Crippen molar-refractivity contribution in [2.45, 2.75) is 19.4 Å². The number of amidine groups is 1. The van der Waals surface area contributed by atoms with Crippen LogP contribution in [0.15, 0.2) is 76.3 Å². The summed E-state index contributed by atoms with van der Waals surface area (Å²) in [5.74, 6) is 0.710. The number of nitrogens with zero attached hydrogens (tertiary/aromatic N) is 2. The van der Waals surface area contributed by atoms with Gasteiger partial charge in [0.25, 0.3) is 5.91 Å². The van der Waals surface area contributed by atoms with E-state index in [9.17, 15) is 9.59 Å². The van der Waals surface area contributed by atoms with Gasteiger partial charge in [0.05, 0.1) is 13.7 Å². The van der Waals surface area contributed by atoms with E-state index in [-0.39, 0.29) is 17.5 Å². The second-order valence-corrected chi connectivity index (χ2v) is 6.56. The van der Waals surface area contributed by atoms with Crippen LogP contribution in [0.2, 0.25) is 0 Å². The van der Waals surface area contributed by atoms with Gasteiger partial charge in [0, 0.05) is 24.3 Å². The van der Waals surface area contributed by atoms with Crippen molar-refractivity contribution in [3.05, 3.63) is 76.6 Å². The second-order valence-electron chi connectivity index (χ2n) is 6.56. The molecule has 0 aromatic heterocycles. The number of allylic oxidation sites excluding steroid dienone is 5. The topological polar surface area (TPSA) is 156 Å². The zero-order chi connectivity index (χ0) is 24.6. The quantitative estimate of drug-likeness (QED) is 0.249. The molecule has 176 valence electrons. The zero-order valence-corrected chi connectivity index (χ0v) is 18.8. The van der Waals surface area contributed by atoms with Crippen LogP contribution >= 0.6 is 0 Å². The summed E-state index contributed by atoms with van der Waals surface area (Å²) in [6, 6.07) is 4.74. The number of aliphatic imine (C=N–C) groups is 1. The molecule has 1 aromatic rings. The van der Waals surface area contributed by atoms with Crippen LogP contribution < -0.4 is 20.9 Å². The molecule has 1 aliphatic rings. The van der Waals surface area contributed by atoms with Gasteiger partial charge in [-0.15, -0.1) is 0 Å². The Morgan fingerprint density at radius 2 is 1.91 bits per heavy atom. The Morgan fingerprint density at radius 3 is 2.55 bits per heavy atom. The molecule has 1 unspecified atom stereocenters. The number of amides is 1. The van der Waals surface area contributed by atoms with Crippen LogP contribution in [0.1, 0.15) is 23.7 Å². The third-order valence-corrected chi connectivity index (χ3v) is 3.85. The molecule has 1 atom stereocenters. The maximum atomic E-state index is 12.5. The number of benzene rings is 1. The van der Waals surface area contributed by atoms with Gasteiger partial charge in [0.15, 0.2) is 0 Å². The van der Waals surface area contributed by atoms with Crippen molar-refractivity contribution in [3.63, 3.8) is 0 Å². The largest absolute Gasteiger partial charge is 0.488 e. The lowest BCUT2D eigenvalue weighted by atomic mass is 10.2. The Balaban J connectivity index is 0.00000172. The number of carbonyl (C=O) groups is 2. The number of methoxy groups -OCH3 is 1. The lowest BCUT2D eigenvalue weighted by Crippen LogP contribution is -2.18. The normalized spacial score (nSPS) is 14.2. The SMILES string of the molecule is CN=O.COCC(C)Oc1cc(OC2=CCC=C(C=O)C=C2)cc(C(=O)N=C(N)/C=C\N)c1. The first-order valence-electron chi connectivity index (χ1n) is 9.87. The summed E-state index contributed by atoms with van der Waals surface area (Å²) in [5, 5.41) is 2.25. The van der Waals surface area contributed by atoms with E-state index in [1.807, 2.05) is 13.0 Å². The van der Waals surface area contributed by atoms with Crippen LogP contribution in [0.3, 0.4) is 0 Å². The molecule has 33 heavy (non-hydrogen) atoms. The third-order valence-electron chi connectivity index (χ3n) is 3.85. The second kappa shape index (κ2) is 14.9. The van der Waals surface area contributed by atoms with E-state index in [4.69, 9.17) is 30.6 Å². The molecule has 0 bridgehead atoms. The fraction of sp³-hybridized carbons (Fsp3) is 0.261. The lowest BCUT2D eigenvalue weighted by molar-refractivity contribution is -0.104. The third kappa shape index (κ3) is 10.2. The van der Waals surface area contributed by atoms with Crippen LogP contribution in [0, 0.1) is 4.91 Å². The van der Waals surface area contributed by atoms with Crippen LogP contribution in [-0.2, 0) is 9.53 Å². The molecule has 0 heterocycles. The smallest absolute Gasteiger partial charge is 0.279 e. The van der Waals surface area contributed by atoms with Crippen LogP contribution in [0.5, 0.6) is 11.5 Å². The van der Waals surface area contributed by atoms with Crippen LogP contribution in [-0.4, -0.2) is 44.9 Å². The van der Waals surface area contributed by atoms with E-state index in [0.717, 1.165) is 6.29 Å². The van der Waals surface area contributed by atoms with Crippen molar-refractivity contribution >= 4 is 18.0 Å². The number of carbonyl (C=O) groups excluding carboxylic acids is 2. The molecule has 0 fully saturated rings. The Labute approximate surface area is 192 Å². The first-order valence-corrected chi connectivity index (χ1v) is 9.87. The van der Waals surface area contributed by atoms with E-state index in [0.29, 0.717) is 35.9 Å². The molecule has 2 rings (SSSR count). The fourth-order valence-corrected chi connectivity index (χ4v) is 2.57. The van der Waals surface area contributed by atoms with Gasteiger partial charge in [-0.3, -0.25) is 9.59 Å². The average molecular weight is 456 g/mol. The van der Waals surface area contributed by atoms with E-state index in [2.05, 4.69) is 10.2 Å². The van der Waals surface area contributed by atoms with Crippen LogP contribution in [0.4, 0.5) is 0 Å². The maximum absolute atomic E-state index is 12.5. The number of nitroso groups, excluding NO2 is 1. The Morgan fingerprint density at radius 1 is 1.21 bits per heavy atom. The summed E-state index contributed by atoms with van der Waals surface area (Å²) in [5.41, 5.74) is 11.7. The summed E-state index contributed by atoms with van der Waals surface area (Å²) in [4.78, 5) is 35.8. The van der Waals surface area contributed by atoms with E-state index in [1.54, 1.807) is 37.5 Å². The molecule has 0 spiro atoms. The molecule has 0 saturated carbocycles. The molecule has 1 aliphatic carbocycles. The highest BCUT2D eigenvalue weighted by Gasteiger charge is 2.13. The highest BCUT2D eigenvalue weighted by molar-refractivity contribution is 6.06. The summed E-state index contributed by atoms with van der Waals surface area (Å²) >= 11 is 0. The van der Waals surface area contributed by atoms with E-state index >= 15 is 0 Å². The van der Waals surface area contributed by atoms with Crippen molar-refractivity contribution in [2.75, 3.05) is 20.8 Å². The predicted molar refractivity (Wildman–Crippen MR) is 126 cm³/mol. The van der Waals surface area contributed by atoms with Gasteiger partial charge < -0.3 is 25.7 Å². The molecule has 1 amide bonds. The average Bonchev–Trinajstić information content (AvgIpc) is 2.99. The Hall–Kier alpha value is -4.05. The monoisotopic (exact) mass is 456 g/mol. The lowest BCUT2D eigenvalue weighted by Gasteiger charge is -2.16. The highest BCUT2D eigenvalue weighted by atomic mass is 16.5. The molecular weight excluding hydrogens is 428 g/mol. The van der Waals surface area contributed by atoms with Gasteiger partial charge in [0.1, 0.15) is 35.5 Å². The van der Waals surface area contributed by atoms with Crippen molar-refractivity contribution in [1.82, 2.24) is 0 Å². The first kappa shape index (κ1) is 27.0. The number of hydrogen-bond acceptors (Lipinski definition) is 8. The molecule has 0 aliphatic heterocycles. The highest BCUT2D eigenvalue weighted by Crippen LogP contribution is 2.27. The van der Waals surface area contributed by atoms with Gasteiger partial charge in [-0.1, -0.05) is 11.3 Å². The molecule has 1 aromatic carbocycles. The van der Waals surface area contributed by atoms with Crippen LogP contribution in [0.25, 0.3) is 0 Å².